The molecule has 0 radical (unpaired) electrons. The van der Waals surface area contributed by atoms with Crippen LogP contribution in [0.1, 0.15) is 0 Å². The Morgan fingerprint density at radius 1 is 1.19 bits per heavy atom. The summed E-state index contributed by atoms with van der Waals surface area (Å²) in [6.07, 6.45) is 0. The summed E-state index contributed by atoms with van der Waals surface area (Å²) in [5.41, 5.74) is -0.427. The number of non-ortho nitro benzene ring substituents is 1. The zero-order chi connectivity index (χ0) is 15.6. The van der Waals surface area contributed by atoms with E-state index in [1.54, 1.807) is 0 Å². The molecule has 0 aromatic heterocycles. The van der Waals surface area contributed by atoms with Crippen LogP contribution in [0.5, 0.6) is 5.75 Å². The van der Waals surface area contributed by atoms with E-state index in [0.29, 0.717) is 0 Å². The number of phenolic OH excluding ortho intramolecular Hbond substituents is 1. The van der Waals surface area contributed by atoms with E-state index in [2.05, 4.69) is 4.72 Å². The van der Waals surface area contributed by atoms with Gasteiger partial charge in [0.25, 0.3) is 15.7 Å². The average Bonchev–Trinajstić information content (AvgIpc) is 2.42. The van der Waals surface area contributed by atoms with E-state index in [1.807, 2.05) is 0 Å². The van der Waals surface area contributed by atoms with Gasteiger partial charge in [0, 0.05) is 23.2 Å². The Hall–Kier alpha value is -2.32. The molecule has 2 aromatic carbocycles. The number of nitro benzene ring substituents is 1. The normalized spacial score (nSPS) is 11.1. The Morgan fingerprint density at radius 3 is 2.52 bits per heavy atom. The highest BCUT2D eigenvalue weighted by Gasteiger charge is 2.19. The molecule has 0 unspecified atom stereocenters. The Kier molecular flexibility index (Phi) is 4.01. The number of anilines is 1. The van der Waals surface area contributed by atoms with Gasteiger partial charge in [0.05, 0.1) is 15.5 Å². The van der Waals surface area contributed by atoms with Crippen molar-refractivity contribution < 1.29 is 18.4 Å². The van der Waals surface area contributed by atoms with Crippen molar-refractivity contribution in [3.05, 3.63) is 57.6 Å². The van der Waals surface area contributed by atoms with Gasteiger partial charge in [-0.2, -0.15) is 0 Å². The largest absolute Gasteiger partial charge is 0.506 e. The first-order valence-electron chi connectivity index (χ1n) is 5.55. The second-order valence-corrected chi connectivity index (χ2v) is 6.14. The maximum Gasteiger partial charge on any atom is 0.270 e. The van der Waals surface area contributed by atoms with Crippen LogP contribution in [0.2, 0.25) is 5.02 Å². The molecule has 0 spiro atoms. The molecule has 2 rings (SSSR count). The molecular weight excluding hydrogens is 320 g/mol. The SMILES string of the molecule is O=[N+]([O-])c1cccc(S(=O)(=O)Nc2ccc(Cl)cc2O)c1. The van der Waals surface area contributed by atoms with Crippen LogP contribution in [0.25, 0.3) is 0 Å². The number of benzene rings is 2. The van der Waals surface area contributed by atoms with E-state index in [9.17, 15) is 23.6 Å². The van der Waals surface area contributed by atoms with E-state index in [4.69, 9.17) is 11.6 Å². The van der Waals surface area contributed by atoms with Crippen molar-refractivity contribution in [2.45, 2.75) is 4.90 Å². The number of phenols is 1. The maximum absolute atomic E-state index is 12.1. The van der Waals surface area contributed by atoms with Crippen LogP contribution in [0, 0.1) is 10.1 Å². The summed E-state index contributed by atoms with van der Waals surface area (Å²) < 4.78 is 26.4. The van der Waals surface area contributed by atoms with Gasteiger partial charge in [-0.1, -0.05) is 17.7 Å². The molecule has 2 aromatic rings. The van der Waals surface area contributed by atoms with Crippen LogP contribution in [-0.4, -0.2) is 18.4 Å². The number of halogens is 1. The van der Waals surface area contributed by atoms with Crippen LogP contribution < -0.4 is 4.72 Å². The van der Waals surface area contributed by atoms with Gasteiger partial charge >= 0.3 is 0 Å². The standard InChI is InChI=1S/C12H9ClN2O5S/c13-8-4-5-11(12(16)6-8)14-21(19,20)10-3-1-2-9(7-10)15(17)18/h1-7,14,16H. The van der Waals surface area contributed by atoms with Crippen molar-refractivity contribution >= 4 is 33.0 Å². The van der Waals surface area contributed by atoms with Crippen LogP contribution in [0.15, 0.2) is 47.4 Å². The second kappa shape index (κ2) is 5.58. The third-order valence-corrected chi connectivity index (χ3v) is 4.14. The van der Waals surface area contributed by atoms with Gasteiger partial charge in [-0.25, -0.2) is 8.42 Å². The lowest BCUT2D eigenvalue weighted by Crippen LogP contribution is -2.13. The zero-order valence-corrected chi connectivity index (χ0v) is 11.9. The summed E-state index contributed by atoms with van der Waals surface area (Å²) in [6, 6.07) is 8.43. The van der Waals surface area contributed by atoms with Crippen molar-refractivity contribution in [2.75, 3.05) is 4.72 Å². The molecule has 0 saturated carbocycles. The molecule has 0 heterocycles. The van der Waals surface area contributed by atoms with Crippen molar-refractivity contribution in [1.29, 1.82) is 0 Å². The monoisotopic (exact) mass is 328 g/mol. The Labute approximate surface area is 125 Å². The second-order valence-electron chi connectivity index (χ2n) is 4.02. The number of hydrogen-bond acceptors (Lipinski definition) is 5. The highest BCUT2D eigenvalue weighted by Crippen LogP contribution is 2.29. The fourth-order valence-electron chi connectivity index (χ4n) is 1.56. The molecule has 0 aliphatic heterocycles. The third kappa shape index (κ3) is 3.41. The molecule has 0 bridgehead atoms. The van der Waals surface area contributed by atoms with Crippen LogP contribution >= 0.6 is 11.6 Å². The molecule has 9 heteroatoms. The summed E-state index contributed by atoms with van der Waals surface area (Å²) in [7, 11) is -4.06. The molecule has 0 fully saturated rings. The van der Waals surface area contributed by atoms with E-state index in [-0.39, 0.29) is 27.0 Å². The minimum Gasteiger partial charge on any atom is -0.506 e. The van der Waals surface area contributed by atoms with Gasteiger partial charge in [-0.3, -0.25) is 14.8 Å². The molecule has 110 valence electrons. The molecule has 0 amide bonds. The van der Waals surface area contributed by atoms with E-state index < -0.39 is 14.9 Å². The van der Waals surface area contributed by atoms with Gasteiger partial charge in [0.2, 0.25) is 0 Å². The molecular formula is C12H9ClN2O5S. The lowest BCUT2D eigenvalue weighted by molar-refractivity contribution is -0.385. The van der Waals surface area contributed by atoms with Crippen LogP contribution in [0.4, 0.5) is 11.4 Å². The zero-order valence-electron chi connectivity index (χ0n) is 10.4. The van der Waals surface area contributed by atoms with E-state index in [0.717, 1.165) is 6.07 Å². The minimum absolute atomic E-state index is 0.0779. The van der Waals surface area contributed by atoms with Gasteiger partial charge in [-0.15, -0.1) is 0 Å². The molecule has 21 heavy (non-hydrogen) atoms. The van der Waals surface area contributed by atoms with Crippen molar-refractivity contribution in [3.8, 4) is 5.75 Å². The average molecular weight is 329 g/mol. The number of sulfonamides is 1. The Morgan fingerprint density at radius 2 is 1.90 bits per heavy atom. The summed E-state index contributed by atoms with van der Waals surface area (Å²) in [6.45, 7) is 0. The van der Waals surface area contributed by atoms with Crippen molar-refractivity contribution in [3.63, 3.8) is 0 Å². The van der Waals surface area contributed by atoms with Gasteiger partial charge in [-0.05, 0) is 18.2 Å². The predicted molar refractivity (Wildman–Crippen MR) is 77.0 cm³/mol. The number of nitro groups is 1. The third-order valence-electron chi connectivity index (χ3n) is 2.54. The summed E-state index contributed by atoms with van der Waals surface area (Å²) in [4.78, 5) is 9.68. The lowest BCUT2D eigenvalue weighted by Gasteiger charge is -2.09. The van der Waals surface area contributed by atoms with Gasteiger partial charge in [0.15, 0.2) is 0 Å². The molecule has 0 aliphatic rings. The van der Waals surface area contributed by atoms with Crippen molar-refractivity contribution in [2.24, 2.45) is 0 Å². The smallest absolute Gasteiger partial charge is 0.270 e. The lowest BCUT2D eigenvalue weighted by atomic mass is 10.3. The van der Waals surface area contributed by atoms with Crippen molar-refractivity contribution in [1.82, 2.24) is 0 Å². The number of nitrogens with zero attached hydrogens (tertiary/aromatic N) is 1. The fourth-order valence-corrected chi connectivity index (χ4v) is 2.84. The molecule has 0 saturated heterocycles. The predicted octanol–water partition coefficient (Wildman–Crippen LogP) is 2.75. The van der Waals surface area contributed by atoms with Crippen LogP contribution in [0.3, 0.4) is 0 Å². The van der Waals surface area contributed by atoms with Gasteiger partial charge < -0.3 is 5.11 Å². The molecule has 0 aliphatic carbocycles. The summed E-state index contributed by atoms with van der Waals surface area (Å²) in [5.74, 6) is -0.350. The molecule has 7 nitrogen and oxygen atoms in total. The quantitative estimate of drug-likeness (QED) is 0.509. The summed E-state index contributed by atoms with van der Waals surface area (Å²) in [5, 5.41) is 20.5. The number of aromatic hydroxyl groups is 1. The molecule has 2 N–H and O–H groups in total. The first-order valence-corrected chi connectivity index (χ1v) is 7.41. The number of hydrogen-bond donors (Lipinski definition) is 2. The topological polar surface area (TPSA) is 110 Å². The fraction of sp³-hybridized carbons (Fsp3) is 0. The minimum atomic E-state index is -4.06. The first-order chi connectivity index (χ1) is 9.79. The van der Waals surface area contributed by atoms with E-state index in [1.165, 1.54) is 36.4 Å². The van der Waals surface area contributed by atoms with Gasteiger partial charge in [0.1, 0.15) is 5.75 Å². The highest BCUT2D eigenvalue weighted by atomic mass is 35.5. The first kappa shape index (κ1) is 15.1. The Balaban J connectivity index is 2.38. The van der Waals surface area contributed by atoms with Crippen LogP contribution in [-0.2, 0) is 10.0 Å². The summed E-state index contributed by atoms with van der Waals surface area (Å²) >= 11 is 5.65. The highest BCUT2D eigenvalue weighted by molar-refractivity contribution is 7.92. The number of nitrogens with one attached hydrogen (secondary N) is 1. The van der Waals surface area contributed by atoms with E-state index >= 15 is 0 Å². The molecule has 0 atom stereocenters. The Bertz CT molecular complexity index is 807. The number of rotatable bonds is 4. The maximum atomic E-state index is 12.1.